The molecule has 1 heterocycles. The number of hydrogen-bond acceptors (Lipinski definition) is 3. The molecule has 0 aliphatic carbocycles. The second-order valence-corrected chi connectivity index (χ2v) is 4.41. The molecule has 2 rings (SSSR count). The number of nitrogens with zero attached hydrogens (tertiary/aromatic N) is 1. The fraction of sp³-hybridized carbons (Fsp3) is 0.267. The zero-order chi connectivity index (χ0) is 13.7. The minimum absolute atomic E-state index is 0.302. The fourth-order valence-corrected chi connectivity index (χ4v) is 1.97. The largest absolute Gasteiger partial charge is 0.465 e. The Morgan fingerprint density at radius 1 is 1.21 bits per heavy atom. The summed E-state index contributed by atoms with van der Waals surface area (Å²) in [5, 5.41) is 3.12. The Hall–Kier alpha value is -2.07. The molecule has 0 radical (unpaired) electrons. The Morgan fingerprint density at radius 2 is 1.95 bits per heavy atom. The minimum atomic E-state index is -0.302. The van der Waals surface area contributed by atoms with Crippen LogP contribution in [0.25, 0.3) is 0 Å². The van der Waals surface area contributed by atoms with Gasteiger partial charge in [0, 0.05) is 25.5 Å². The van der Waals surface area contributed by atoms with Crippen molar-refractivity contribution < 1.29 is 9.53 Å². The summed E-state index contributed by atoms with van der Waals surface area (Å²) in [6.45, 7) is 1.67. The molecule has 100 valence electrons. The summed E-state index contributed by atoms with van der Waals surface area (Å²) in [4.78, 5) is 11.3. The molecule has 0 spiro atoms. The highest BCUT2D eigenvalue weighted by molar-refractivity contribution is 5.89. The van der Waals surface area contributed by atoms with Crippen LogP contribution in [0.2, 0.25) is 0 Å². The van der Waals surface area contributed by atoms with E-state index in [1.807, 2.05) is 19.2 Å². The Kier molecular flexibility index (Phi) is 4.36. The van der Waals surface area contributed by atoms with Crippen LogP contribution in [0.1, 0.15) is 21.5 Å². The Balaban J connectivity index is 2.04. The fourth-order valence-electron chi connectivity index (χ4n) is 1.97. The van der Waals surface area contributed by atoms with E-state index in [1.54, 1.807) is 12.1 Å². The molecule has 2 aromatic rings. The molecule has 0 saturated heterocycles. The van der Waals surface area contributed by atoms with Crippen LogP contribution in [-0.2, 0) is 17.8 Å². The average Bonchev–Trinajstić information content (AvgIpc) is 2.86. The van der Waals surface area contributed by atoms with E-state index >= 15 is 0 Å². The van der Waals surface area contributed by atoms with Crippen LogP contribution in [0.15, 0.2) is 42.7 Å². The molecule has 0 fully saturated rings. The molecule has 0 aliphatic rings. The standard InChI is InChI=1S/C15H18N2O2/c1-16-9-13-7-8-17(11-13)10-12-3-5-14(6-4-12)15(18)19-2/h3-8,11,16H,9-10H2,1-2H3. The first-order chi connectivity index (χ1) is 9.22. The van der Waals surface area contributed by atoms with Gasteiger partial charge >= 0.3 is 5.97 Å². The van der Waals surface area contributed by atoms with Crippen LogP contribution in [0, 0.1) is 0 Å². The van der Waals surface area contributed by atoms with E-state index in [0.717, 1.165) is 18.7 Å². The van der Waals surface area contributed by atoms with E-state index in [1.165, 1.54) is 12.7 Å². The van der Waals surface area contributed by atoms with Crippen LogP contribution >= 0.6 is 0 Å². The highest BCUT2D eigenvalue weighted by atomic mass is 16.5. The zero-order valence-electron chi connectivity index (χ0n) is 11.2. The van der Waals surface area contributed by atoms with Gasteiger partial charge < -0.3 is 14.6 Å². The molecule has 4 nitrogen and oxygen atoms in total. The summed E-state index contributed by atoms with van der Waals surface area (Å²) in [7, 11) is 3.32. The Bertz CT molecular complexity index is 544. The van der Waals surface area contributed by atoms with Crippen molar-refractivity contribution in [1.29, 1.82) is 0 Å². The van der Waals surface area contributed by atoms with Crippen molar-refractivity contribution in [2.75, 3.05) is 14.2 Å². The first-order valence-corrected chi connectivity index (χ1v) is 6.19. The van der Waals surface area contributed by atoms with Gasteiger partial charge in [0.05, 0.1) is 12.7 Å². The molecule has 0 unspecified atom stereocenters. The van der Waals surface area contributed by atoms with Crippen molar-refractivity contribution in [3.63, 3.8) is 0 Å². The molecular formula is C15H18N2O2. The maximum Gasteiger partial charge on any atom is 0.337 e. The summed E-state index contributed by atoms with van der Waals surface area (Å²) in [5.74, 6) is -0.302. The predicted molar refractivity (Wildman–Crippen MR) is 74.1 cm³/mol. The van der Waals surface area contributed by atoms with E-state index in [4.69, 9.17) is 0 Å². The van der Waals surface area contributed by atoms with Crippen molar-refractivity contribution in [3.8, 4) is 0 Å². The first-order valence-electron chi connectivity index (χ1n) is 6.19. The highest BCUT2D eigenvalue weighted by Gasteiger charge is 2.04. The third-order valence-electron chi connectivity index (χ3n) is 2.93. The summed E-state index contributed by atoms with van der Waals surface area (Å²) in [5.41, 5.74) is 2.99. The third-order valence-corrected chi connectivity index (χ3v) is 2.93. The van der Waals surface area contributed by atoms with Gasteiger partial charge in [0.25, 0.3) is 0 Å². The van der Waals surface area contributed by atoms with Crippen molar-refractivity contribution in [2.24, 2.45) is 0 Å². The van der Waals surface area contributed by atoms with Gasteiger partial charge in [-0.3, -0.25) is 0 Å². The number of benzene rings is 1. The topological polar surface area (TPSA) is 43.3 Å². The van der Waals surface area contributed by atoms with E-state index in [0.29, 0.717) is 5.56 Å². The lowest BCUT2D eigenvalue weighted by atomic mass is 10.1. The lowest BCUT2D eigenvalue weighted by Crippen LogP contribution is -2.04. The number of aromatic nitrogens is 1. The average molecular weight is 258 g/mol. The van der Waals surface area contributed by atoms with Crippen molar-refractivity contribution in [3.05, 3.63) is 59.4 Å². The maximum absolute atomic E-state index is 11.3. The second-order valence-electron chi connectivity index (χ2n) is 4.41. The number of carbonyl (C=O) groups excluding carboxylic acids is 1. The number of ether oxygens (including phenoxy) is 1. The van der Waals surface area contributed by atoms with Crippen LogP contribution in [0.5, 0.6) is 0 Å². The number of nitrogens with one attached hydrogen (secondary N) is 1. The Morgan fingerprint density at radius 3 is 2.58 bits per heavy atom. The van der Waals surface area contributed by atoms with Crippen molar-refractivity contribution >= 4 is 5.97 Å². The normalized spacial score (nSPS) is 10.4. The molecule has 1 aromatic heterocycles. The van der Waals surface area contributed by atoms with E-state index < -0.39 is 0 Å². The molecule has 0 amide bonds. The molecule has 0 bridgehead atoms. The van der Waals surface area contributed by atoms with Gasteiger partial charge in [-0.2, -0.15) is 0 Å². The first kappa shape index (κ1) is 13.4. The zero-order valence-corrected chi connectivity index (χ0v) is 11.2. The smallest absolute Gasteiger partial charge is 0.337 e. The summed E-state index contributed by atoms with van der Waals surface area (Å²) < 4.78 is 6.80. The van der Waals surface area contributed by atoms with Gasteiger partial charge in [-0.15, -0.1) is 0 Å². The van der Waals surface area contributed by atoms with Gasteiger partial charge in [0.15, 0.2) is 0 Å². The summed E-state index contributed by atoms with van der Waals surface area (Å²) >= 11 is 0. The lowest BCUT2D eigenvalue weighted by Gasteiger charge is -2.04. The molecule has 19 heavy (non-hydrogen) atoms. The monoisotopic (exact) mass is 258 g/mol. The number of esters is 1. The molecule has 0 saturated carbocycles. The van der Waals surface area contributed by atoms with Crippen molar-refractivity contribution in [2.45, 2.75) is 13.1 Å². The van der Waals surface area contributed by atoms with Crippen LogP contribution in [0.4, 0.5) is 0 Å². The Labute approximate surface area is 113 Å². The number of hydrogen-bond donors (Lipinski definition) is 1. The van der Waals surface area contributed by atoms with E-state index in [9.17, 15) is 4.79 Å². The van der Waals surface area contributed by atoms with Crippen LogP contribution < -0.4 is 5.32 Å². The van der Waals surface area contributed by atoms with Gasteiger partial charge in [-0.05, 0) is 36.4 Å². The molecule has 1 aromatic carbocycles. The number of carbonyl (C=O) groups is 1. The third kappa shape index (κ3) is 3.45. The molecular weight excluding hydrogens is 240 g/mol. The maximum atomic E-state index is 11.3. The predicted octanol–water partition coefficient (Wildman–Crippen LogP) is 2.04. The molecule has 0 atom stereocenters. The SMILES string of the molecule is CNCc1ccn(Cc2ccc(C(=O)OC)cc2)c1. The van der Waals surface area contributed by atoms with Crippen molar-refractivity contribution in [1.82, 2.24) is 9.88 Å². The lowest BCUT2D eigenvalue weighted by molar-refractivity contribution is 0.0600. The molecule has 4 heteroatoms. The summed E-state index contributed by atoms with van der Waals surface area (Å²) in [6.07, 6.45) is 4.17. The van der Waals surface area contributed by atoms with Gasteiger partial charge in [-0.1, -0.05) is 12.1 Å². The van der Waals surface area contributed by atoms with Crippen LogP contribution in [-0.4, -0.2) is 24.7 Å². The highest BCUT2D eigenvalue weighted by Crippen LogP contribution is 2.09. The van der Waals surface area contributed by atoms with Gasteiger partial charge in [0.1, 0.15) is 0 Å². The minimum Gasteiger partial charge on any atom is -0.465 e. The van der Waals surface area contributed by atoms with Gasteiger partial charge in [-0.25, -0.2) is 4.79 Å². The van der Waals surface area contributed by atoms with Crippen LogP contribution in [0.3, 0.4) is 0 Å². The number of methoxy groups -OCH3 is 1. The van der Waals surface area contributed by atoms with Gasteiger partial charge in [0.2, 0.25) is 0 Å². The van der Waals surface area contributed by atoms with E-state index in [-0.39, 0.29) is 5.97 Å². The number of rotatable bonds is 5. The second kappa shape index (κ2) is 6.20. The molecule has 0 aliphatic heterocycles. The molecule has 1 N–H and O–H groups in total. The summed E-state index contributed by atoms with van der Waals surface area (Å²) in [6, 6.07) is 9.58. The quantitative estimate of drug-likeness (QED) is 0.835. The van der Waals surface area contributed by atoms with E-state index in [2.05, 4.69) is 33.1 Å².